The van der Waals surface area contributed by atoms with E-state index in [0.717, 1.165) is 5.75 Å². The lowest BCUT2D eigenvalue weighted by Crippen LogP contribution is -2.27. The predicted molar refractivity (Wildman–Crippen MR) is 497 cm³/mol. The Balaban J connectivity index is 0.000000144. The fourth-order valence-corrected chi connectivity index (χ4v) is 14.3. The Morgan fingerprint density at radius 2 is 0.635 bits per heavy atom. The third kappa shape index (κ3) is 21.1. The SMILES string of the molecule is CC(C)COC(=O)c1ccc2nc(-c3cc4cc(F)ccc4o3)c(N(C)C(C)C)nc2c1.CC(C)N(C)c1nc2cc(C(=O)OCC(C)(C)C)ccc2nc1-c1cc2cc(F)ccc2o1.CC(C)SC(=O)c1ccc2nc(-c3cc4cc(F)ccc4o3)c(N(C)C(C)C)nc2c1.CCSC(=O)c1ccc2nc(-c3cc4cc(F)ccc4o3)c(N(C)C(C)C)nc2c1. The molecule has 0 amide bonds. The van der Waals surface area contributed by atoms with Gasteiger partial charge in [-0.25, -0.2) is 67.0 Å². The average molecular weight is 1750 g/mol. The van der Waals surface area contributed by atoms with Gasteiger partial charge in [0.2, 0.25) is 10.2 Å². The number of nitrogens with zero attached hydrogens (tertiary/aromatic N) is 12. The van der Waals surface area contributed by atoms with Crippen LogP contribution in [0.3, 0.4) is 0 Å². The third-order valence-corrected chi connectivity index (χ3v) is 22.3. The number of anilines is 4. The molecule has 0 N–H and O–H groups in total. The lowest BCUT2D eigenvalue weighted by Gasteiger charge is -2.24. The number of halogens is 4. The van der Waals surface area contributed by atoms with Crippen molar-refractivity contribution >= 4 is 157 Å². The summed E-state index contributed by atoms with van der Waals surface area (Å²) in [6, 6.07) is 46.3. The molecule has 0 unspecified atom stereocenters. The summed E-state index contributed by atoms with van der Waals surface area (Å²) in [5.41, 5.74) is 11.5. The molecule has 0 aliphatic carbocycles. The number of rotatable bonds is 21. The molecule has 126 heavy (non-hydrogen) atoms. The van der Waals surface area contributed by atoms with Crippen molar-refractivity contribution in [2.75, 3.05) is 66.8 Å². The van der Waals surface area contributed by atoms with Crippen LogP contribution in [-0.2, 0) is 9.47 Å². The number of hydrogen-bond donors (Lipinski definition) is 0. The number of carbonyl (C=O) groups is 4. The van der Waals surface area contributed by atoms with Crippen LogP contribution in [0.1, 0.15) is 152 Å². The molecule has 0 spiro atoms. The molecule has 22 nitrogen and oxygen atoms in total. The van der Waals surface area contributed by atoms with Crippen LogP contribution in [0, 0.1) is 34.6 Å². The summed E-state index contributed by atoms with van der Waals surface area (Å²) < 4.78 is 89.3. The number of carbonyl (C=O) groups excluding carboxylic acids is 4. The first-order valence-corrected chi connectivity index (χ1v) is 43.4. The fraction of sp³-hybridized carbons (Fsp3) is 0.306. The second-order valence-corrected chi connectivity index (χ2v) is 36.5. The van der Waals surface area contributed by atoms with E-state index in [-0.39, 0.29) is 80.2 Å². The number of furan rings is 4. The first kappa shape index (κ1) is 90.9. The standard InChI is InChI=1S/C26H28FN3O3.C25H26FN3O3.C24H24FN3O2S.C23H22FN3O2S/c1-15(2)30(6)24-23(22-13-17-11-18(27)8-10-21(17)33-22)28-19-9-7-16(12-20(19)29-24)25(31)32-14-26(3,4)5;1-14(2)13-31-25(30)16-6-8-19-20(11-16)28-24(29(5)15(3)4)23(27-19)22-12-17-10-18(26)7-9-21(17)32-22;1-13(2)28(5)23-22(21-12-16-10-17(25)7-9-20(16)30-21)26-18-8-6-15(11-19(18)27-23)24(29)31-14(3)4;1-5-30-23(28)14-6-8-17-18(11-14)26-22(27(4)13(2)3)21(25-17)20-12-15-10-16(24)7-9-19(15)29-20/h7-13,15H,14H2,1-6H3;6-12,14-15H,13H2,1-5H3;6-14H,1-5H3;6-13H,5H2,1-4H3. The normalized spacial score (nSPS) is 11.7. The maximum absolute atomic E-state index is 13.7. The second kappa shape index (κ2) is 38.3. The van der Waals surface area contributed by atoms with Crippen molar-refractivity contribution in [3.8, 4) is 45.8 Å². The molecule has 8 heterocycles. The Kier molecular flexibility index (Phi) is 27.7. The molecule has 652 valence electrons. The van der Waals surface area contributed by atoms with Gasteiger partial charge in [0.15, 0.2) is 46.3 Å². The summed E-state index contributed by atoms with van der Waals surface area (Å²) in [6.07, 6.45) is 0. The minimum atomic E-state index is -0.393. The lowest BCUT2D eigenvalue weighted by atomic mass is 9.99. The largest absolute Gasteiger partial charge is 0.462 e. The van der Waals surface area contributed by atoms with Crippen molar-refractivity contribution in [2.24, 2.45) is 11.3 Å². The molecule has 0 saturated heterocycles. The maximum atomic E-state index is 13.7. The van der Waals surface area contributed by atoms with E-state index >= 15 is 0 Å². The first-order valence-electron chi connectivity index (χ1n) is 41.5. The molecular weight excluding hydrogens is 1650 g/mol. The van der Waals surface area contributed by atoms with Crippen LogP contribution in [0.5, 0.6) is 0 Å². The molecule has 0 fully saturated rings. The molecule has 8 aromatic carbocycles. The molecule has 8 aromatic heterocycles. The molecule has 0 aliphatic heterocycles. The van der Waals surface area contributed by atoms with Gasteiger partial charge in [-0.05, 0) is 242 Å². The van der Waals surface area contributed by atoms with Crippen molar-refractivity contribution in [1.29, 1.82) is 0 Å². The number of fused-ring (bicyclic) bond motifs is 8. The van der Waals surface area contributed by atoms with Gasteiger partial charge in [0.25, 0.3) is 0 Å². The first-order chi connectivity index (χ1) is 59.8. The van der Waals surface area contributed by atoms with E-state index in [9.17, 15) is 36.7 Å². The summed E-state index contributed by atoms with van der Waals surface area (Å²) in [5, 5.41) is 2.89. The Hall–Kier alpha value is -12.8. The van der Waals surface area contributed by atoms with Crippen molar-refractivity contribution in [2.45, 2.75) is 140 Å². The summed E-state index contributed by atoms with van der Waals surface area (Å²) >= 11 is 2.56. The smallest absolute Gasteiger partial charge is 0.338 e. The highest BCUT2D eigenvalue weighted by atomic mass is 32.2. The molecule has 0 aliphatic rings. The van der Waals surface area contributed by atoms with Gasteiger partial charge in [-0.2, -0.15) is 0 Å². The quantitative estimate of drug-likeness (QED) is 0.0478. The third-order valence-electron chi connectivity index (χ3n) is 20.6. The lowest BCUT2D eigenvalue weighted by molar-refractivity contribution is 0.0366. The van der Waals surface area contributed by atoms with Crippen LogP contribution in [0.4, 0.5) is 40.8 Å². The van der Waals surface area contributed by atoms with Crippen LogP contribution in [0.2, 0.25) is 0 Å². The summed E-state index contributed by atoms with van der Waals surface area (Å²) in [7, 11) is 7.73. The van der Waals surface area contributed by atoms with Crippen LogP contribution < -0.4 is 19.6 Å². The van der Waals surface area contributed by atoms with Crippen molar-refractivity contribution < 1.29 is 63.9 Å². The minimum Gasteiger partial charge on any atom is -0.462 e. The van der Waals surface area contributed by atoms with Gasteiger partial charge in [-0.15, -0.1) is 0 Å². The molecule has 0 saturated carbocycles. The number of aromatic nitrogens is 8. The number of thioether (sulfide) groups is 2. The highest BCUT2D eigenvalue weighted by Crippen LogP contribution is 2.41. The van der Waals surface area contributed by atoms with Gasteiger partial charge < -0.3 is 46.7 Å². The topological polar surface area (TPSA) is 255 Å². The Bertz CT molecular complexity index is 6780. The van der Waals surface area contributed by atoms with E-state index in [0.29, 0.717) is 193 Å². The van der Waals surface area contributed by atoms with Gasteiger partial charge in [-0.3, -0.25) is 9.59 Å². The summed E-state index contributed by atoms with van der Waals surface area (Å²) in [6.45, 7) is 33.0. The molecule has 0 atom stereocenters. The second-order valence-electron chi connectivity index (χ2n) is 33.7. The van der Waals surface area contributed by atoms with Gasteiger partial charge >= 0.3 is 11.9 Å². The molecule has 16 rings (SSSR count). The van der Waals surface area contributed by atoms with E-state index in [2.05, 4.69) is 27.7 Å². The van der Waals surface area contributed by atoms with E-state index in [1.54, 1.807) is 121 Å². The van der Waals surface area contributed by atoms with E-state index in [1.165, 1.54) is 72.1 Å². The molecule has 28 heteroatoms. The zero-order chi connectivity index (χ0) is 90.6. The van der Waals surface area contributed by atoms with E-state index in [1.807, 2.05) is 131 Å². The Morgan fingerprint density at radius 1 is 0.357 bits per heavy atom. The monoisotopic (exact) mass is 1740 g/mol. The highest BCUT2D eigenvalue weighted by Gasteiger charge is 2.28. The number of esters is 2. The zero-order valence-electron chi connectivity index (χ0n) is 74.0. The molecule has 0 bridgehead atoms. The fourth-order valence-electron chi connectivity index (χ4n) is 13.0. The predicted octanol–water partition coefficient (Wildman–Crippen LogP) is 24.3. The molecule has 16 aromatic rings. The number of ether oxygens (including phenoxy) is 2. The average Bonchev–Trinajstić information content (AvgIpc) is 1.54. The van der Waals surface area contributed by atoms with Gasteiger partial charge in [0.05, 0.1) is 68.5 Å². The van der Waals surface area contributed by atoms with Crippen LogP contribution in [0.15, 0.2) is 188 Å². The van der Waals surface area contributed by atoms with Crippen LogP contribution >= 0.6 is 23.5 Å². The summed E-state index contributed by atoms with van der Waals surface area (Å²) in [4.78, 5) is 96.3. The van der Waals surface area contributed by atoms with Crippen molar-refractivity contribution in [3.05, 3.63) is 215 Å². The van der Waals surface area contributed by atoms with Crippen molar-refractivity contribution in [1.82, 2.24) is 39.9 Å². The zero-order valence-corrected chi connectivity index (χ0v) is 75.7. The van der Waals surface area contributed by atoms with Gasteiger partial charge in [0, 0.05) is 90.3 Å². The van der Waals surface area contributed by atoms with E-state index in [4.69, 9.17) is 67.0 Å². The summed E-state index contributed by atoms with van der Waals surface area (Å²) in [5.74, 6) is 3.45. The number of hydrogen-bond acceptors (Lipinski definition) is 24. The van der Waals surface area contributed by atoms with E-state index < -0.39 is 5.97 Å². The highest BCUT2D eigenvalue weighted by molar-refractivity contribution is 8.14. The van der Waals surface area contributed by atoms with Gasteiger partial charge in [0.1, 0.15) is 68.4 Å². The van der Waals surface area contributed by atoms with Crippen molar-refractivity contribution in [3.63, 3.8) is 0 Å². The minimum absolute atomic E-state index is 0.0147. The van der Waals surface area contributed by atoms with Gasteiger partial charge in [-0.1, -0.05) is 78.9 Å². The molecular formula is C98H100F4N12O10S2. The molecule has 0 radical (unpaired) electrons. The Labute approximate surface area is 735 Å². The Morgan fingerprint density at radius 3 is 0.905 bits per heavy atom. The number of benzene rings is 8. The van der Waals surface area contributed by atoms with Crippen LogP contribution in [-0.4, -0.2) is 139 Å². The maximum Gasteiger partial charge on any atom is 0.338 e. The van der Waals surface area contributed by atoms with Crippen LogP contribution in [0.25, 0.3) is 134 Å².